The third kappa shape index (κ3) is 5.86. The zero-order valence-corrected chi connectivity index (χ0v) is 15.3. The van der Waals surface area contributed by atoms with Crippen LogP contribution in [0, 0.1) is 19.8 Å². The molecule has 2 aromatic heterocycles. The number of carbonyl (C=O) groups excluding carboxylic acids is 1. The second-order valence-electron chi connectivity index (χ2n) is 6.62. The maximum Gasteiger partial charge on any atom is 0.315 e. The Morgan fingerprint density at radius 1 is 1.28 bits per heavy atom. The normalized spacial score (nSPS) is 13.3. The standard InChI is InChI=1S/C18H27N5O2/c1-12(7-15(4)24)9-20-18(25)21-11-16-5-6-17(19-10-16)23-14(3)8-13(2)22-23/h5-6,8,10,12,15,24H,7,9,11H2,1-4H3,(H2,20,21,25). The summed E-state index contributed by atoms with van der Waals surface area (Å²) in [6.45, 7) is 8.61. The molecule has 0 aliphatic rings. The SMILES string of the molecule is Cc1cc(C)n(-c2ccc(CNC(=O)NCC(C)CC(C)O)cn2)n1. The first kappa shape index (κ1) is 18.9. The number of rotatable bonds is 7. The molecule has 0 aliphatic carbocycles. The lowest BCUT2D eigenvalue weighted by Gasteiger charge is -2.14. The van der Waals surface area contributed by atoms with Crippen LogP contribution in [0.25, 0.3) is 5.82 Å². The second-order valence-corrected chi connectivity index (χ2v) is 6.62. The fourth-order valence-electron chi connectivity index (χ4n) is 2.68. The smallest absolute Gasteiger partial charge is 0.315 e. The molecule has 0 saturated carbocycles. The van der Waals surface area contributed by atoms with Gasteiger partial charge in [-0.25, -0.2) is 14.5 Å². The Morgan fingerprint density at radius 3 is 2.60 bits per heavy atom. The van der Waals surface area contributed by atoms with E-state index < -0.39 is 0 Å². The molecular weight excluding hydrogens is 318 g/mol. The molecule has 2 aromatic rings. The fraction of sp³-hybridized carbons (Fsp3) is 0.500. The van der Waals surface area contributed by atoms with E-state index >= 15 is 0 Å². The molecular formula is C18H27N5O2. The van der Waals surface area contributed by atoms with Gasteiger partial charge in [-0.15, -0.1) is 0 Å². The highest BCUT2D eigenvalue weighted by molar-refractivity contribution is 5.73. The second kappa shape index (κ2) is 8.62. The first-order valence-corrected chi connectivity index (χ1v) is 8.53. The number of urea groups is 1. The number of hydrogen-bond acceptors (Lipinski definition) is 4. The highest BCUT2D eigenvalue weighted by Gasteiger charge is 2.09. The number of carbonyl (C=O) groups is 1. The van der Waals surface area contributed by atoms with Crippen LogP contribution in [0.3, 0.4) is 0 Å². The predicted octanol–water partition coefficient (Wildman–Crippen LogP) is 2.09. The molecule has 2 unspecified atom stereocenters. The summed E-state index contributed by atoms with van der Waals surface area (Å²) in [5.74, 6) is 0.984. The van der Waals surface area contributed by atoms with Gasteiger partial charge in [-0.05, 0) is 50.8 Å². The predicted molar refractivity (Wildman–Crippen MR) is 96.5 cm³/mol. The number of aliphatic hydroxyl groups is 1. The average molecular weight is 345 g/mol. The van der Waals surface area contributed by atoms with E-state index in [2.05, 4.69) is 20.7 Å². The molecule has 2 atom stereocenters. The van der Waals surface area contributed by atoms with Gasteiger partial charge in [0, 0.05) is 25.0 Å². The first-order valence-electron chi connectivity index (χ1n) is 8.53. The number of hydrogen-bond donors (Lipinski definition) is 3. The highest BCUT2D eigenvalue weighted by Crippen LogP contribution is 2.10. The van der Waals surface area contributed by atoms with Crippen LogP contribution in [0.15, 0.2) is 24.4 Å². The van der Waals surface area contributed by atoms with Gasteiger partial charge in [-0.1, -0.05) is 13.0 Å². The monoisotopic (exact) mass is 345 g/mol. The summed E-state index contributed by atoms with van der Waals surface area (Å²) < 4.78 is 1.79. The number of aromatic nitrogens is 3. The molecule has 3 N–H and O–H groups in total. The van der Waals surface area contributed by atoms with Crippen LogP contribution in [0.2, 0.25) is 0 Å². The minimum Gasteiger partial charge on any atom is -0.393 e. The van der Waals surface area contributed by atoms with Gasteiger partial charge in [0.2, 0.25) is 0 Å². The van der Waals surface area contributed by atoms with Crippen molar-refractivity contribution in [2.75, 3.05) is 6.54 Å². The van der Waals surface area contributed by atoms with Crippen LogP contribution < -0.4 is 10.6 Å². The first-order chi connectivity index (χ1) is 11.8. The maximum atomic E-state index is 11.8. The van der Waals surface area contributed by atoms with Gasteiger partial charge < -0.3 is 15.7 Å². The largest absolute Gasteiger partial charge is 0.393 e. The van der Waals surface area contributed by atoms with Crippen molar-refractivity contribution in [3.05, 3.63) is 41.3 Å². The summed E-state index contributed by atoms with van der Waals surface area (Å²) in [6.07, 6.45) is 2.05. The molecule has 7 nitrogen and oxygen atoms in total. The van der Waals surface area contributed by atoms with Crippen molar-refractivity contribution < 1.29 is 9.90 Å². The number of nitrogens with zero attached hydrogens (tertiary/aromatic N) is 3. The van der Waals surface area contributed by atoms with Gasteiger partial charge in [0.25, 0.3) is 0 Å². The molecule has 2 heterocycles. The zero-order chi connectivity index (χ0) is 18.4. The number of aliphatic hydroxyl groups excluding tert-OH is 1. The minimum absolute atomic E-state index is 0.222. The summed E-state index contributed by atoms with van der Waals surface area (Å²) in [6, 6.07) is 5.59. The van der Waals surface area contributed by atoms with Crippen molar-refractivity contribution in [3.8, 4) is 5.82 Å². The molecule has 0 spiro atoms. The van der Waals surface area contributed by atoms with E-state index in [9.17, 15) is 9.90 Å². The third-order valence-electron chi connectivity index (χ3n) is 3.84. The summed E-state index contributed by atoms with van der Waals surface area (Å²) in [5.41, 5.74) is 2.89. The Kier molecular flexibility index (Phi) is 6.52. The van der Waals surface area contributed by atoms with Crippen LogP contribution >= 0.6 is 0 Å². The van der Waals surface area contributed by atoms with Gasteiger partial charge in [-0.3, -0.25) is 0 Å². The zero-order valence-electron chi connectivity index (χ0n) is 15.3. The summed E-state index contributed by atoms with van der Waals surface area (Å²) in [5, 5.41) is 19.3. The van der Waals surface area contributed by atoms with Crippen molar-refractivity contribution in [1.82, 2.24) is 25.4 Å². The minimum atomic E-state index is -0.355. The van der Waals surface area contributed by atoms with Gasteiger partial charge in [-0.2, -0.15) is 5.10 Å². The summed E-state index contributed by atoms with van der Waals surface area (Å²) >= 11 is 0. The van der Waals surface area contributed by atoms with Gasteiger partial charge in [0.15, 0.2) is 5.82 Å². The molecule has 0 fully saturated rings. The topological polar surface area (TPSA) is 92.1 Å². The molecule has 2 rings (SSSR count). The van der Waals surface area contributed by atoms with Crippen LogP contribution in [0.5, 0.6) is 0 Å². The van der Waals surface area contributed by atoms with Gasteiger partial charge in [0.1, 0.15) is 0 Å². The summed E-state index contributed by atoms with van der Waals surface area (Å²) in [7, 11) is 0. The Bertz CT molecular complexity index is 694. The Balaban J connectivity index is 1.81. The van der Waals surface area contributed by atoms with Crippen LogP contribution in [0.1, 0.15) is 37.2 Å². The van der Waals surface area contributed by atoms with Gasteiger partial charge >= 0.3 is 6.03 Å². The van der Waals surface area contributed by atoms with Crippen LogP contribution in [-0.4, -0.2) is 38.6 Å². The Labute approximate surface area is 148 Å². The quantitative estimate of drug-likeness (QED) is 0.716. The number of nitrogens with one attached hydrogen (secondary N) is 2. The Hall–Kier alpha value is -2.41. The molecule has 7 heteroatoms. The van der Waals surface area contributed by atoms with E-state index in [0.29, 0.717) is 19.5 Å². The van der Waals surface area contributed by atoms with Crippen LogP contribution in [0.4, 0.5) is 4.79 Å². The molecule has 25 heavy (non-hydrogen) atoms. The molecule has 0 aliphatic heterocycles. The highest BCUT2D eigenvalue weighted by atomic mass is 16.3. The summed E-state index contributed by atoms with van der Waals surface area (Å²) in [4.78, 5) is 16.2. The lowest BCUT2D eigenvalue weighted by Crippen LogP contribution is -2.37. The van der Waals surface area contributed by atoms with E-state index in [1.54, 1.807) is 17.8 Å². The van der Waals surface area contributed by atoms with E-state index in [4.69, 9.17) is 0 Å². The molecule has 0 saturated heterocycles. The lowest BCUT2D eigenvalue weighted by molar-refractivity contribution is 0.163. The number of aryl methyl sites for hydroxylation is 2. The maximum absolute atomic E-state index is 11.8. The molecule has 0 bridgehead atoms. The van der Waals surface area contributed by atoms with Crippen molar-refractivity contribution in [1.29, 1.82) is 0 Å². The number of pyridine rings is 1. The van der Waals surface area contributed by atoms with Crippen molar-refractivity contribution in [2.45, 2.75) is 46.8 Å². The molecule has 136 valence electrons. The van der Waals surface area contributed by atoms with Crippen molar-refractivity contribution in [2.24, 2.45) is 5.92 Å². The van der Waals surface area contributed by atoms with Crippen molar-refractivity contribution in [3.63, 3.8) is 0 Å². The third-order valence-corrected chi connectivity index (χ3v) is 3.84. The van der Waals surface area contributed by atoms with E-state index in [-0.39, 0.29) is 18.1 Å². The average Bonchev–Trinajstić information content (AvgIpc) is 2.89. The van der Waals surface area contributed by atoms with E-state index in [1.165, 1.54) is 0 Å². The molecule has 0 aromatic carbocycles. The van der Waals surface area contributed by atoms with E-state index in [1.807, 2.05) is 39.0 Å². The van der Waals surface area contributed by atoms with Crippen molar-refractivity contribution >= 4 is 6.03 Å². The number of amides is 2. The van der Waals surface area contributed by atoms with Gasteiger partial charge in [0.05, 0.1) is 11.8 Å². The Morgan fingerprint density at radius 2 is 2.04 bits per heavy atom. The van der Waals surface area contributed by atoms with Crippen LogP contribution in [-0.2, 0) is 6.54 Å². The molecule has 2 amide bonds. The lowest BCUT2D eigenvalue weighted by atomic mass is 10.1. The van der Waals surface area contributed by atoms with E-state index in [0.717, 1.165) is 22.8 Å². The fourth-order valence-corrected chi connectivity index (χ4v) is 2.68. The molecule has 0 radical (unpaired) electrons.